The number of fused-ring (bicyclic) bond motifs is 5. The van der Waals surface area contributed by atoms with Crippen molar-refractivity contribution in [1.29, 1.82) is 0 Å². The van der Waals surface area contributed by atoms with Crippen LogP contribution in [0.2, 0.25) is 0 Å². The zero-order chi connectivity index (χ0) is 20.0. The summed E-state index contributed by atoms with van der Waals surface area (Å²) in [5, 5.41) is 0. The Morgan fingerprint density at radius 1 is 0.433 bits per heavy atom. The Kier molecular flexibility index (Phi) is 3.75. The molecule has 0 amide bonds. The van der Waals surface area contributed by atoms with Gasteiger partial charge in [0.1, 0.15) is 11.5 Å². The first kappa shape index (κ1) is 17.1. The standard InChI is InChI=1S/C29H20O/c1-3-11-21(12-4-1)27-19-29(20-28(30-27)22-13-5-2-6-14-22)25-17-9-7-15-23(25)24-16-8-10-18-26(24)29/h1-20H. The molecule has 30 heavy (non-hydrogen) atoms. The number of hydrogen-bond donors (Lipinski definition) is 0. The van der Waals surface area contributed by atoms with E-state index in [1.165, 1.54) is 22.3 Å². The first-order chi connectivity index (χ1) is 14.9. The predicted octanol–water partition coefficient (Wildman–Crippen LogP) is 7.07. The maximum absolute atomic E-state index is 6.50. The van der Waals surface area contributed by atoms with Crippen molar-refractivity contribution in [3.8, 4) is 11.1 Å². The average Bonchev–Trinajstić information content (AvgIpc) is 3.10. The lowest BCUT2D eigenvalue weighted by Gasteiger charge is -2.32. The minimum atomic E-state index is -0.359. The third-order valence-corrected chi connectivity index (χ3v) is 6.09. The lowest BCUT2D eigenvalue weighted by atomic mass is 9.75. The van der Waals surface area contributed by atoms with Gasteiger partial charge < -0.3 is 4.74 Å². The first-order valence-corrected chi connectivity index (χ1v) is 10.3. The normalized spacial score (nSPS) is 15.6. The molecule has 4 aromatic carbocycles. The van der Waals surface area contributed by atoms with Crippen LogP contribution in [0.4, 0.5) is 0 Å². The molecule has 0 aromatic heterocycles. The highest BCUT2D eigenvalue weighted by atomic mass is 16.5. The maximum Gasteiger partial charge on any atom is 0.132 e. The van der Waals surface area contributed by atoms with E-state index in [9.17, 15) is 0 Å². The predicted molar refractivity (Wildman–Crippen MR) is 123 cm³/mol. The molecule has 0 unspecified atom stereocenters. The van der Waals surface area contributed by atoms with Gasteiger partial charge in [0, 0.05) is 11.1 Å². The zero-order valence-electron chi connectivity index (χ0n) is 16.5. The van der Waals surface area contributed by atoms with E-state index >= 15 is 0 Å². The van der Waals surface area contributed by atoms with Crippen molar-refractivity contribution >= 4 is 11.5 Å². The molecule has 0 bridgehead atoms. The summed E-state index contributed by atoms with van der Waals surface area (Å²) in [5.74, 6) is 1.78. The van der Waals surface area contributed by atoms with Crippen LogP contribution in [0.15, 0.2) is 121 Å². The Labute approximate surface area is 176 Å². The van der Waals surface area contributed by atoms with Crippen LogP contribution in [0.5, 0.6) is 0 Å². The van der Waals surface area contributed by atoms with E-state index in [4.69, 9.17) is 4.74 Å². The van der Waals surface area contributed by atoms with Gasteiger partial charge in [-0.1, -0.05) is 109 Å². The number of benzene rings is 4. The summed E-state index contributed by atoms with van der Waals surface area (Å²) < 4.78 is 6.50. The molecular formula is C29H20O. The molecule has 1 heteroatoms. The highest BCUT2D eigenvalue weighted by Crippen LogP contribution is 2.54. The Morgan fingerprint density at radius 2 is 0.833 bits per heavy atom. The smallest absolute Gasteiger partial charge is 0.132 e. The summed E-state index contributed by atoms with van der Waals surface area (Å²) in [7, 11) is 0. The second-order valence-electron chi connectivity index (χ2n) is 7.81. The first-order valence-electron chi connectivity index (χ1n) is 10.3. The number of ether oxygens (including phenoxy) is 1. The summed E-state index contributed by atoms with van der Waals surface area (Å²) in [5.41, 5.74) is 7.00. The number of rotatable bonds is 2. The van der Waals surface area contributed by atoms with E-state index in [0.717, 1.165) is 22.6 Å². The molecule has 2 aliphatic rings. The van der Waals surface area contributed by atoms with Gasteiger partial charge >= 0.3 is 0 Å². The van der Waals surface area contributed by atoms with E-state index in [1.807, 2.05) is 12.1 Å². The highest BCUT2D eigenvalue weighted by molar-refractivity contribution is 5.88. The minimum Gasteiger partial charge on any atom is -0.457 e. The van der Waals surface area contributed by atoms with E-state index in [2.05, 4.69) is 109 Å². The molecule has 1 aliphatic heterocycles. The molecule has 0 radical (unpaired) electrons. The van der Waals surface area contributed by atoms with Crippen LogP contribution in [0, 0.1) is 0 Å². The monoisotopic (exact) mass is 384 g/mol. The van der Waals surface area contributed by atoms with Crippen LogP contribution in [0.25, 0.3) is 22.6 Å². The molecule has 1 spiro atoms. The molecule has 142 valence electrons. The summed E-state index contributed by atoms with van der Waals surface area (Å²) in [6, 6.07) is 38.2. The van der Waals surface area contributed by atoms with Crippen molar-refractivity contribution in [2.45, 2.75) is 5.41 Å². The fourth-order valence-electron chi connectivity index (χ4n) is 4.74. The van der Waals surface area contributed by atoms with Crippen molar-refractivity contribution in [1.82, 2.24) is 0 Å². The van der Waals surface area contributed by atoms with Gasteiger partial charge in [-0.3, -0.25) is 0 Å². The second kappa shape index (κ2) is 6.60. The third-order valence-electron chi connectivity index (χ3n) is 6.09. The minimum absolute atomic E-state index is 0.359. The van der Waals surface area contributed by atoms with E-state index in [-0.39, 0.29) is 5.41 Å². The van der Waals surface area contributed by atoms with Crippen molar-refractivity contribution < 1.29 is 4.74 Å². The summed E-state index contributed by atoms with van der Waals surface area (Å²) in [6.07, 6.45) is 4.58. The van der Waals surface area contributed by atoms with Crippen molar-refractivity contribution in [3.63, 3.8) is 0 Å². The lowest BCUT2D eigenvalue weighted by Crippen LogP contribution is -2.24. The van der Waals surface area contributed by atoms with Gasteiger partial charge in [-0.25, -0.2) is 0 Å². The molecular weight excluding hydrogens is 364 g/mol. The SMILES string of the molecule is C1=C(c2ccccc2)OC(c2ccccc2)=CC12c1ccccc1-c1ccccc12. The molecule has 0 atom stereocenters. The Balaban J connectivity index is 1.67. The molecule has 1 heterocycles. The molecule has 0 saturated carbocycles. The molecule has 1 aliphatic carbocycles. The Hall–Kier alpha value is -3.84. The maximum atomic E-state index is 6.50. The Morgan fingerprint density at radius 3 is 1.30 bits per heavy atom. The summed E-state index contributed by atoms with van der Waals surface area (Å²) >= 11 is 0. The van der Waals surface area contributed by atoms with Crippen LogP contribution in [0.3, 0.4) is 0 Å². The van der Waals surface area contributed by atoms with Gasteiger partial charge in [-0.2, -0.15) is 0 Å². The van der Waals surface area contributed by atoms with Gasteiger partial charge in [-0.15, -0.1) is 0 Å². The summed E-state index contributed by atoms with van der Waals surface area (Å²) in [4.78, 5) is 0. The van der Waals surface area contributed by atoms with E-state index in [1.54, 1.807) is 0 Å². The van der Waals surface area contributed by atoms with Gasteiger partial charge in [0.2, 0.25) is 0 Å². The van der Waals surface area contributed by atoms with Gasteiger partial charge in [-0.05, 0) is 34.4 Å². The molecule has 6 rings (SSSR count). The molecule has 0 saturated heterocycles. The van der Waals surface area contributed by atoms with Crippen LogP contribution < -0.4 is 0 Å². The van der Waals surface area contributed by atoms with Crippen LogP contribution >= 0.6 is 0 Å². The average molecular weight is 384 g/mol. The molecule has 0 N–H and O–H groups in total. The molecule has 0 fully saturated rings. The van der Waals surface area contributed by atoms with Crippen molar-refractivity contribution in [2.75, 3.05) is 0 Å². The largest absolute Gasteiger partial charge is 0.457 e. The molecule has 1 nitrogen and oxygen atoms in total. The summed E-state index contributed by atoms with van der Waals surface area (Å²) in [6.45, 7) is 0. The zero-order valence-corrected chi connectivity index (χ0v) is 16.5. The van der Waals surface area contributed by atoms with Crippen molar-refractivity contribution in [2.24, 2.45) is 0 Å². The van der Waals surface area contributed by atoms with E-state index in [0.29, 0.717) is 0 Å². The van der Waals surface area contributed by atoms with Crippen LogP contribution in [-0.2, 0) is 10.2 Å². The van der Waals surface area contributed by atoms with Gasteiger partial charge in [0.25, 0.3) is 0 Å². The Bertz CT molecular complexity index is 1190. The third kappa shape index (κ3) is 2.49. The van der Waals surface area contributed by atoms with Crippen LogP contribution in [0.1, 0.15) is 22.3 Å². The fourth-order valence-corrected chi connectivity index (χ4v) is 4.74. The number of allylic oxidation sites excluding steroid dienone is 2. The molecule has 4 aromatic rings. The van der Waals surface area contributed by atoms with Gasteiger partial charge in [0.15, 0.2) is 0 Å². The van der Waals surface area contributed by atoms with Gasteiger partial charge in [0.05, 0.1) is 5.41 Å². The van der Waals surface area contributed by atoms with E-state index < -0.39 is 0 Å². The highest BCUT2D eigenvalue weighted by Gasteiger charge is 2.43. The van der Waals surface area contributed by atoms with Crippen molar-refractivity contribution in [3.05, 3.63) is 144 Å². The number of hydrogen-bond acceptors (Lipinski definition) is 1. The second-order valence-corrected chi connectivity index (χ2v) is 7.81. The van der Waals surface area contributed by atoms with Crippen LogP contribution in [-0.4, -0.2) is 0 Å². The lowest BCUT2D eigenvalue weighted by molar-refractivity contribution is 0.451. The quantitative estimate of drug-likeness (QED) is 0.359. The topological polar surface area (TPSA) is 9.23 Å². The fraction of sp³-hybridized carbons (Fsp3) is 0.0345.